The minimum absolute atomic E-state index is 0.0623. The fraction of sp³-hybridized carbons (Fsp3) is 0.148. The van der Waals surface area contributed by atoms with E-state index in [4.69, 9.17) is 9.97 Å². The van der Waals surface area contributed by atoms with E-state index in [9.17, 15) is 0 Å². The molecule has 4 nitrogen and oxygen atoms in total. The van der Waals surface area contributed by atoms with Crippen LogP contribution in [0.5, 0.6) is 0 Å². The predicted octanol–water partition coefficient (Wildman–Crippen LogP) is 16.1. The van der Waals surface area contributed by atoms with Gasteiger partial charge in [0.1, 0.15) is 5.82 Å². The lowest BCUT2D eigenvalue weighted by atomic mass is 9.57. The quantitative estimate of drug-likeness (QED) is 0.166. The first-order valence-electron chi connectivity index (χ1n) is 23.0. The molecule has 1 aliphatic carbocycles. The van der Waals surface area contributed by atoms with Gasteiger partial charge in [0.25, 0.3) is 0 Å². The molecule has 0 radical (unpaired) electrons. The lowest BCUT2D eigenvalue weighted by Crippen LogP contribution is -2.40. The maximum Gasteiger partial charge on any atom is 0.162 e. The number of hydrogen-bond acceptors (Lipinski definition) is 2. The van der Waals surface area contributed by atoms with E-state index in [1.165, 1.54) is 72.0 Å². The third kappa shape index (κ3) is 5.50. The fourth-order valence-corrected chi connectivity index (χ4v) is 11.7. The van der Waals surface area contributed by atoms with E-state index in [0.29, 0.717) is 11.7 Å². The van der Waals surface area contributed by atoms with Gasteiger partial charge in [-0.3, -0.25) is 4.57 Å². The van der Waals surface area contributed by atoms with Crippen molar-refractivity contribution in [2.45, 2.75) is 51.9 Å². The van der Waals surface area contributed by atoms with Crippen molar-refractivity contribution in [3.8, 4) is 34.0 Å². The summed E-state index contributed by atoms with van der Waals surface area (Å²) in [5.41, 5.74) is 13.4. The van der Waals surface area contributed by atoms with E-state index >= 15 is 0 Å². The number of nitrogens with zero attached hydrogens (tertiary/aromatic N) is 4. The Bertz CT molecular complexity index is 3920. The standard InChI is InChI=1S/C61H48N4/c1-37-36-60(2,3)48-24-15-23-45(57(48)61(37,4)5)39-26-29-43(30-27-39)64-51-32-33-52-55(56(51)47-34-41-19-9-10-20-42(41)35-53(47)64)46-22-13-14-25-50(46)65(52)59-54-44-21-12-11-16-38(44)28-31-49(54)62-58(63-59)40-17-7-6-8-18-40/h6-35,37H,36H2,1-5H3. The van der Waals surface area contributed by atoms with Crippen molar-refractivity contribution in [1.29, 1.82) is 0 Å². The summed E-state index contributed by atoms with van der Waals surface area (Å²) < 4.78 is 4.89. The van der Waals surface area contributed by atoms with Gasteiger partial charge in [0.2, 0.25) is 0 Å². The largest absolute Gasteiger partial charge is 0.309 e. The summed E-state index contributed by atoms with van der Waals surface area (Å²) in [4.78, 5) is 10.7. The average Bonchev–Trinajstić information content (AvgIpc) is 3.84. The zero-order chi connectivity index (χ0) is 43.8. The Morgan fingerprint density at radius 3 is 1.92 bits per heavy atom. The van der Waals surface area contributed by atoms with E-state index in [2.05, 4.69) is 220 Å². The molecular formula is C61H48N4. The van der Waals surface area contributed by atoms with Crippen LogP contribution in [-0.2, 0) is 10.8 Å². The molecule has 0 fully saturated rings. The predicted molar refractivity (Wildman–Crippen MR) is 274 cm³/mol. The van der Waals surface area contributed by atoms with Crippen molar-refractivity contribution in [2.75, 3.05) is 0 Å². The van der Waals surface area contributed by atoms with Crippen LogP contribution in [0.2, 0.25) is 0 Å². The molecule has 0 N–H and O–H groups in total. The molecule has 4 heteroatoms. The monoisotopic (exact) mass is 836 g/mol. The molecule has 312 valence electrons. The summed E-state index contributed by atoms with van der Waals surface area (Å²) in [5.74, 6) is 2.16. The van der Waals surface area contributed by atoms with E-state index in [0.717, 1.165) is 49.8 Å². The first-order valence-corrected chi connectivity index (χ1v) is 23.0. The molecule has 0 amide bonds. The van der Waals surface area contributed by atoms with Crippen LogP contribution in [-0.4, -0.2) is 19.1 Å². The van der Waals surface area contributed by atoms with Crippen LogP contribution in [0, 0.1) is 5.92 Å². The van der Waals surface area contributed by atoms with Crippen molar-refractivity contribution in [3.05, 3.63) is 193 Å². The van der Waals surface area contributed by atoms with Crippen molar-refractivity contribution >= 4 is 76.1 Å². The number of fused-ring (bicyclic) bond motifs is 12. The Kier molecular flexibility index (Phi) is 8.01. The molecule has 1 aliphatic rings. The van der Waals surface area contributed by atoms with Gasteiger partial charge >= 0.3 is 0 Å². The van der Waals surface area contributed by atoms with Gasteiger partial charge in [-0.1, -0.05) is 168 Å². The second kappa shape index (κ2) is 13.7. The fourth-order valence-electron chi connectivity index (χ4n) is 11.7. The number of benzene rings is 9. The van der Waals surface area contributed by atoms with Gasteiger partial charge in [0.15, 0.2) is 5.82 Å². The first kappa shape index (κ1) is 37.9. The topological polar surface area (TPSA) is 35.6 Å². The van der Waals surface area contributed by atoms with Crippen molar-refractivity contribution in [3.63, 3.8) is 0 Å². The zero-order valence-electron chi connectivity index (χ0n) is 37.4. The van der Waals surface area contributed by atoms with Crippen LogP contribution in [0.3, 0.4) is 0 Å². The number of aromatic nitrogens is 4. The minimum atomic E-state index is 0.0623. The Balaban J connectivity index is 1.10. The highest BCUT2D eigenvalue weighted by Crippen LogP contribution is 2.52. The Hall–Kier alpha value is -7.56. The van der Waals surface area contributed by atoms with Gasteiger partial charge in [-0.25, -0.2) is 9.97 Å². The average molecular weight is 837 g/mol. The van der Waals surface area contributed by atoms with Gasteiger partial charge in [-0.15, -0.1) is 0 Å². The van der Waals surface area contributed by atoms with E-state index in [1.54, 1.807) is 0 Å². The molecule has 1 unspecified atom stereocenters. The lowest BCUT2D eigenvalue weighted by molar-refractivity contribution is 0.234. The molecule has 0 bridgehead atoms. The van der Waals surface area contributed by atoms with Gasteiger partial charge in [-0.05, 0) is 115 Å². The molecule has 0 aliphatic heterocycles. The van der Waals surface area contributed by atoms with Gasteiger partial charge in [0, 0.05) is 32.8 Å². The third-order valence-corrected chi connectivity index (χ3v) is 15.2. The second-order valence-electron chi connectivity index (χ2n) is 19.7. The van der Waals surface area contributed by atoms with Gasteiger partial charge in [-0.2, -0.15) is 0 Å². The van der Waals surface area contributed by atoms with E-state index < -0.39 is 0 Å². The Morgan fingerprint density at radius 1 is 0.477 bits per heavy atom. The molecular weight excluding hydrogens is 789 g/mol. The van der Waals surface area contributed by atoms with E-state index in [1.807, 2.05) is 6.07 Å². The SMILES string of the molecule is CC1CC(C)(C)c2cccc(-c3ccc(-n4c5cc6ccccc6cc5c5c6c7ccccc7n(-c7nc(-c8ccccc8)nc8ccc9ccccc9c78)c6ccc54)cc3)c2C1(C)C. The van der Waals surface area contributed by atoms with Crippen molar-refractivity contribution in [1.82, 2.24) is 19.1 Å². The molecule has 3 aromatic heterocycles. The number of hydrogen-bond donors (Lipinski definition) is 0. The highest BCUT2D eigenvalue weighted by Gasteiger charge is 2.43. The summed E-state index contributed by atoms with van der Waals surface area (Å²) in [6, 6.07) is 66.8. The highest BCUT2D eigenvalue weighted by molar-refractivity contribution is 6.30. The summed E-state index contributed by atoms with van der Waals surface area (Å²) in [7, 11) is 0. The number of rotatable bonds is 4. The maximum absolute atomic E-state index is 5.53. The van der Waals surface area contributed by atoms with Crippen LogP contribution in [0.25, 0.3) is 110 Å². The minimum Gasteiger partial charge on any atom is -0.309 e. The molecule has 9 aromatic carbocycles. The zero-order valence-corrected chi connectivity index (χ0v) is 37.4. The second-order valence-corrected chi connectivity index (χ2v) is 19.7. The summed E-state index contributed by atoms with van der Waals surface area (Å²) >= 11 is 0. The van der Waals surface area contributed by atoms with Crippen molar-refractivity contribution < 1.29 is 0 Å². The summed E-state index contributed by atoms with van der Waals surface area (Å²) in [5, 5.41) is 10.7. The normalized spacial score (nSPS) is 15.8. The summed E-state index contributed by atoms with van der Waals surface area (Å²) in [6.07, 6.45) is 1.19. The van der Waals surface area contributed by atoms with Gasteiger partial charge in [0.05, 0.1) is 33.0 Å². The molecule has 0 saturated heterocycles. The van der Waals surface area contributed by atoms with Gasteiger partial charge < -0.3 is 4.57 Å². The molecule has 13 rings (SSSR count). The highest BCUT2D eigenvalue weighted by atomic mass is 15.1. The van der Waals surface area contributed by atoms with E-state index in [-0.39, 0.29) is 10.8 Å². The van der Waals surface area contributed by atoms with Crippen LogP contribution >= 0.6 is 0 Å². The maximum atomic E-state index is 5.53. The first-order chi connectivity index (χ1) is 31.7. The van der Waals surface area contributed by atoms with Crippen LogP contribution < -0.4 is 0 Å². The third-order valence-electron chi connectivity index (χ3n) is 15.2. The Morgan fingerprint density at radius 2 is 1.14 bits per heavy atom. The molecule has 65 heavy (non-hydrogen) atoms. The van der Waals surface area contributed by atoms with Crippen LogP contribution in [0.15, 0.2) is 182 Å². The molecule has 0 spiro atoms. The van der Waals surface area contributed by atoms with Crippen molar-refractivity contribution in [2.24, 2.45) is 5.92 Å². The van der Waals surface area contributed by atoms with Crippen LogP contribution in [0.1, 0.15) is 52.2 Å². The molecule has 3 heterocycles. The molecule has 12 aromatic rings. The molecule has 1 atom stereocenters. The van der Waals surface area contributed by atoms with Crippen LogP contribution in [0.4, 0.5) is 0 Å². The molecule has 0 saturated carbocycles. The Labute approximate surface area is 378 Å². The number of para-hydroxylation sites is 1. The smallest absolute Gasteiger partial charge is 0.162 e. The lowest BCUT2D eigenvalue weighted by Gasteiger charge is -2.47. The summed E-state index contributed by atoms with van der Waals surface area (Å²) in [6.45, 7) is 12.2.